The zero-order valence-corrected chi connectivity index (χ0v) is 19.9. The summed E-state index contributed by atoms with van der Waals surface area (Å²) in [5, 5.41) is 0. The average Bonchev–Trinajstić information content (AvgIpc) is 2.80. The van der Waals surface area contributed by atoms with Crippen LogP contribution in [-0.2, 0) is 0 Å². The fraction of sp³-hybridized carbons (Fsp3) is 0.724. The molecule has 1 aromatic rings. The van der Waals surface area contributed by atoms with Gasteiger partial charge in [0.25, 0.3) is 0 Å². The fourth-order valence-corrected chi connectivity index (χ4v) is 6.06. The summed E-state index contributed by atoms with van der Waals surface area (Å²) >= 11 is 0. The van der Waals surface area contributed by atoms with Crippen molar-refractivity contribution in [2.24, 2.45) is 17.8 Å². The number of halogens is 1. The lowest BCUT2D eigenvalue weighted by Crippen LogP contribution is -2.25. The van der Waals surface area contributed by atoms with Crippen molar-refractivity contribution in [3.63, 3.8) is 0 Å². The van der Waals surface area contributed by atoms with Gasteiger partial charge in [-0.25, -0.2) is 4.39 Å². The standard InChI is InChI=1S/C29H43FO.2H2/c1-4-7-8-10-27(6-3)31-29-20-19-26(21-28(29)30)25-17-15-24(16-18-25)23-13-11-22(9-5-2)12-14-23;;/h3,19-25,27H,4-5,7-18H2,1-2H3;2*1H. The lowest BCUT2D eigenvalue weighted by Gasteiger charge is -2.38. The van der Waals surface area contributed by atoms with Crippen LogP contribution in [0.5, 0.6) is 5.75 Å². The average molecular weight is 431 g/mol. The second-order valence-corrected chi connectivity index (χ2v) is 10.1. The number of unbranched alkanes of at least 4 members (excludes halogenated alkanes) is 2. The van der Waals surface area contributed by atoms with E-state index in [0.29, 0.717) is 11.7 Å². The maximum Gasteiger partial charge on any atom is 0.165 e. The van der Waals surface area contributed by atoms with E-state index in [9.17, 15) is 4.39 Å². The molecule has 2 aliphatic carbocycles. The first-order chi connectivity index (χ1) is 15.1. The fourth-order valence-electron chi connectivity index (χ4n) is 6.06. The van der Waals surface area contributed by atoms with E-state index in [1.165, 1.54) is 64.2 Å². The molecule has 31 heavy (non-hydrogen) atoms. The van der Waals surface area contributed by atoms with Gasteiger partial charge in [-0.3, -0.25) is 0 Å². The van der Waals surface area contributed by atoms with Crippen molar-refractivity contribution in [3.05, 3.63) is 29.6 Å². The molecule has 0 heterocycles. The van der Waals surface area contributed by atoms with Crippen molar-refractivity contribution in [2.45, 2.75) is 116 Å². The number of hydrogen-bond acceptors (Lipinski definition) is 1. The molecule has 2 saturated carbocycles. The van der Waals surface area contributed by atoms with Crippen LogP contribution in [0.2, 0.25) is 0 Å². The van der Waals surface area contributed by atoms with Crippen molar-refractivity contribution in [2.75, 3.05) is 0 Å². The Hall–Kier alpha value is -1.49. The van der Waals surface area contributed by atoms with Crippen LogP contribution < -0.4 is 4.74 Å². The zero-order chi connectivity index (χ0) is 22.1. The third-order valence-corrected chi connectivity index (χ3v) is 7.98. The Morgan fingerprint density at radius 2 is 1.68 bits per heavy atom. The second-order valence-electron chi connectivity index (χ2n) is 10.1. The van der Waals surface area contributed by atoms with Gasteiger partial charge in [-0.05, 0) is 92.7 Å². The summed E-state index contributed by atoms with van der Waals surface area (Å²) < 4.78 is 20.6. The van der Waals surface area contributed by atoms with Gasteiger partial charge in [-0.2, -0.15) is 0 Å². The van der Waals surface area contributed by atoms with Crippen LogP contribution in [0.15, 0.2) is 18.2 Å². The minimum absolute atomic E-state index is 0. The molecule has 3 rings (SSSR count). The van der Waals surface area contributed by atoms with E-state index in [4.69, 9.17) is 11.2 Å². The minimum Gasteiger partial charge on any atom is -0.475 e. The third-order valence-electron chi connectivity index (χ3n) is 7.98. The highest BCUT2D eigenvalue weighted by Crippen LogP contribution is 2.44. The Morgan fingerprint density at radius 3 is 2.26 bits per heavy atom. The van der Waals surface area contributed by atoms with E-state index < -0.39 is 0 Å². The molecule has 2 heteroatoms. The largest absolute Gasteiger partial charge is 0.475 e. The Balaban J connectivity index is 0.00000272. The molecule has 1 unspecified atom stereocenters. The Bertz CT molecular complexity index is 700. The molecular formula is C29H47FO. The lowest BCUT2D eigenvalue weighted by atomic mass is 9.68. The van der Waals surface area contributed by atoms with Crippen molar-refractivity contribution in [1.29, 1.82) is 0 Å². The monoisotopic (exact) mass is 430 g/mol. The number of ether oxygens (including phenoxy) is 1. The molecule has 0 N–H and O–H groups in total. The molecule has 0 bridgehead atoms. The van der Waals surface area contributed by atoms with Crippen LogP contribution in [0.3, 0.4) is 0 Å². The van der Waals surface area contributed by atoms with Crippen LogP contribution in [-0.4, -0.2) is 6.10 Å². The summed E-state index contributed by atoms with van der Waals surface area (Å²) in [6, 6.07) is 5.57. The van der Waals surface area contributed by atoms with Gasteiger partial charge in [0, 0.05) is 2.85 Å². The van der Waals surface area contributed by atoms with Crippen LogP contribution in [0.4, 0.5) is 4.39 Å². The quantitative estimate of drug-likeness (QED) is 0.265. The number of benzene rings is 1. The lowest BCUT2D eigenvalue weighted by molar-refractivity contribution is 0.156. The van der Waals surface area contributed by atoms with Crippen LogP contribution in [0, 0.1) is 35.9 Å². The van der Waals surface area contributed by atoms with Gasteiger partial charge in [0.1, 0.15) is 0 Å². The highest BCUT2D eigenvalue weighted by molar-refractivity contribution is 5.32. The molecule has 2 aliphatic rings. The summed E-state index contributed by atoms with van der Waals surface area (Å²) in [5.41, 5.74) is 1.14. The summed E-state index contributed by atoms with van der Waals surface area (Å²) in [5.74, 6) is 6.03. The second kappa shape index (κ2) is 12.5. The predicted octanol–water partition coefficient (Wildman–Crippen LogP) is 9.16. The summed E-state index contributed by atoms with van der Waals surface area (Å²) in [7, 11) is 0. The number of hydrogen-bond donors (Lipinski definition) is 0. The van der Waals surface area contributed by atoms with Crippen molar-refractivity contribution in [3.8, 4) is 18.1 Å². The molecular weight excluding hydrogens is 383 g/mol. The van der Waals surface area contributed by atoms with Crippen molar-refractivity contribution >= 4 is 0 Å². The smallest absolute Gasteiger partial charge is 0.165 e. The molecule has 0 aliphatic heterocycles. The molecule has 0 radical (unpaired) electrons. The summed E-state index contributed by atoms with van der Waals surface area (Å²) in [6.07, 6.45) is 22.9. The Labute approximate surface area is 193 Å². The number of rotatable bonds is 10. The molecule has 0 saturated heterocycles. The maximum absolute atomic E-state index is 14.8. The SMILES string of the molecule is C#CC(CCCCC)Oc1ccc(C2CCC(C3CCC(CCC)CC3)CC2)cc1F.[HH].[HH]. The van der Waals surface area contributed by atoms with Gasteiger partial charge in [-0.1, -0.05) is 64.4 Å². The van der Waals surface area contributed by atoms with Gasteiger partial charge in [0.05, 0.1) is 0 Å². The topological polar surface area (TPSA) is 9.23 Å². The molecule has 0 amide bonds. The predicted molar refractivity (Wildman–Crippen MR) is 133 cm³/mol. The molecule has 1 aromatic carbocycles. The first kappa shape index (κ1) is 24.2. The van der Waals surface area contributed by atoms with E-state index >= 15 is 0 Å². The summed E-state index contributed by atoms with van der Waals surface area (Å²) in [6.45, 7) is 4.48. The van der Waals surface area contributed by atoms with E-state index in [1.807, 2.05) is 0 Å². The van der Waals surface area contributed by atoms with Gasteiger partial charge >= 0.3 is 0 Å². The van der Waals surface area contributed by atoms with E-state index in [-0.39, 0.29) is 14.8 Å². The Morgan fingerprint density at radius 1 is 1.00 bits per heavy atom. The van der Waals surface area contributed by atoms with Gasteiger partial charge < -0.3 is 4.74 Å². The molecule has 0 spiro atoms. The molecule has 1 nitrogen and oxygen atoms in total. The van der Waals surface area contributed by atoms with E-state index in [1.54, 1.807) is 12.1 Å². The van der Waals surface area contributed by atoms with Crippen LogP contribution in [0.25, 0.3) is 0 Å². The van der Waals surface area contributed by atoms with Crippen LogP contribution in [0.1, 0.15) is 118 Å². The molecule has 1 atom stereocenters. The first-order valence-electron chi connectivity index (χ1n) is 13.1. The molecule has 176 valence electrons. The van der Waals surface area contributed by atoms with Crippen molar-refractivity contribution < 1.29 is 12.0 Å². The van der Waals surface area contributed by atoms with Crippen molar-refractivity contribution in [1.82, 2.24) is 0 Å². The normalized spacial score (nSPS) is 27.4. The molecule has 2 fully saturated rings. The van der Waals surface area contributed by atoms with E-state index in [0.717, 1.165) is 49.0 Å². The third kappa shape index (κ3) is 7.00. The Kier molecular flexibility index (Phi) is 9.76. The van der Waals surface area contributed by atoms with Crippen LogP contribution >= 0.6 is 0 Å². The zero-order valence-electron chi connectivity index (χ0n) is 19.9. The highest BCUT2D eigenvalue weighted by Gasteiger charge is 2.31. The first-order valence-corrected chi connectivity index (χ1v) is 13.1. The maximum atomic E-state index is 14.8. The van der Waals surface area contributed by atoms with E-state index in [2.05, 4.69) is 25.8 Å². The number of terminal acetylenes is 1. The minimum atomic E-state index is -0.338. The summed E-state index contributed by atoms with van der Waals surface area (Å²) in [4.78, 5) is 0. The van der Waals surface area contributed by atoms with Gasteiger partial charge in [0.2, 0.25) is 0 Å². The van der Waals surface area contributed by atoms with Gasteiger partial charge in [-0.15, -0.1) is 6.42 Å². The molecule has 0 aromatic heterocycles. The highest BCUT2D eigenvalue weighted by atomic mass is 19.1. The van der Waals surface area contributed by atoms with Gasteiger partial charge in [0.15, 0.2) is 17.7 Å².